The van der Waals surface area contributed by atoms with Crippen LogP contribution in [0, 0.1) is 0 Å². The summed E-state index contributed by atoms with van der Waals surface area (Å²) in [6.07, 6.45) is 3.76. The predicted molar refractivity (Wildman–Crippen MR) is 82.3 cm³/mol. The van der Waals surface area contributed by atoms with E-state index < -0.39 is 10.0 Å². The summed E-state index contributed by atoms with van der Waals surface area (Å²) >= 11 is 0. The summed E-state index contributed by atoms with van der Waals surface area (Å²) in [5.74, 6) is 1.03. The highest BCUT2D eigenvalue weighted by Crippen LogP contribution is 2.31. The Balaban J connectivity index is 1.76. The van der Waals surface area contributed by atoms with Gasteiger partial charge in [0.05, 0.1) is 13.3 Å². The molecule has 1 aliphatic rings. The highest BCUT2D eigenvalue weighted by atomic mass is 32.2. The van der Waals surface area contributed by atoms with Crippen molar-refractivity contribution in [2.45, 2.75) is 17.2 Å². The average molecular weight is 321 g/mol. The molecule has 6 nitrogen and oxygen atoms in total. The molecule has 0 radical (unpaired) electrons. The van der Waals surface area contributed by atoms with Crippen LogP contribution in [0.2, 0.25) is 0 Å². The van der Waals surface area contributed by atoms with E-state index in [9.17, 15) is 8.42 Å². The Morgan fingerprint density at radius 2 is 2.00 bits per heavy atom. The Morgan fingerprint density at radius 1 is 1.27 bits per heavy atom. The molecule has 0 amide bonds. The van der Waals surface area contributed by atoms with Crippen LogP contribution in [-0.2, 0) is 17.1 Å². The second-order valence-corrected chi connectivity index (χ2v) is 7.41. The summed E-state index contributed by atoms with van der Waals surface area (Å²) in [4.78, 5) is 0.255. The third-order valence-corrected chi connectivity index (χ3v) is 5.88. The van der Waals surface area contributed by atoms with Crippen LogP contribution < -0.4 is 4.74 Å². The number of sulfonamides is 1. The quantitative estimate of drug-likeness (QED) is 0.858. The largest absolute Gasteiger partial charge is 0.497 e. The number of methoxy groups -OCH3 is 1. The van der Waals surface area contributed by atoms with Gasteiger partial charge in [0.1, 0.15) is 10.6 Å². The van der Waals surface area contributed by atoms with Gasteiger partial charge in [-0.2, -0.15) is 9.40 Å². The smallest absolute Gasteiger partial charge is 0.246 e. The fourth-order valence-corrected chi connectivity index (χ4v) is 4.26. The average Bonchev–Trinajstić information content (AvgIpc) is 3.17. The summed E-state index contributed by atoms with van der Waals surface area (Å²) in [6.45, 7) is 1.04. The molecular formula is C15H19N3O3S. The van der Waals surface area contributed by atoms with Crippen molar-refractivity contribution in [1.82, 2.24) is 14.1 Å². The molecule has 2 aromatic rings. The first kappa shape index (κ1) is 15.1. The van der Waals surface area contributed by atoms with E-state index in [1.807, 2.05) is 24.3 Å². The number of hydrogen-bond acceptors (Lipinski definition) is 4. The molecule has 22 heavy (non-hydrogen) atoms. The van der Waals surface area contributed by atoms with Gasteiger partial charge in [0.15, 0.2) is 0 Å². The molecule has 1 fully saturated rings. The van der Waals surface area contributed by atoms with Crippen LogP contribution in [0.3, 0.4) is 0 Å². The summed E-state index contributed by atoms with van der Waals surface area (Å²) in [6, 6.07) is 7.83. The first-order valence-electron chi connectivity index (χ1n) is 7.13. The van der Waals surface area contributed by atoms with Crippen LogP contribution in [0.25, 0.3) is 0 Å². The molecule has 0 bridgehead atoms. The molecule has 118 valence electrons. The molecule has 0 unspecified atom stereocenters. The van der Waals surface area contributed by atoms with E-state index in [0.29, 0.717) is 13.1 Å². The van der Waals surface area contributed by atoms with E-state index in [4.69, 9.17) is 4.74 Å². The number of nitrogens with zero attached hydrogens (tertiary/aromatic N) is 3. The van der Waals surface area contributed by atoms with Crippen molar-refractivity contribution in [3.05, 3.63) is 42.2 Å². The van der Waals surface area contributed by atoms with Crippen LogP contribution in [0.1, 0.15) is 17.9 Å². The number of benzene rings is 1. The van der Waals surface area contributed by atoms with Gasteiger partial charge in [-0.05, 0) is 30.0 Å². The number of ether oxygens (including phenoxy) is 1. The highest BCUT2D eigenvalue weighted by Gasteiger charge is 2.33. The SMILES string of the molecule is COc1ccc([C@@H]2CCN(S(=O)(=O)c3cnn(C)c3)C2)cc1. The normalized spacial score (nSPS) is 19.5. The maximum atomic E-state index is 12.6. The molecule has 3 rings (SSSR count). The van der Waals surface area contributed by atoms with Crippen LogP contribution in [0.5, 0.6) is 5.75 Å². The second-order valence-electron chi connectivity index (χ2n) is 5.47. The van der Waals surface area contributed by atoms with Gasteiger partial charge < -0.3 is 4.74 Å². The molecule has 1 aromatic heterocycles. The molecule has 7 heteroatoms. The number of aryl methyl sites for hydroxylation is 1. The fraction of sp³-hybridized carbons (Fsp3) is 0.400. The monoisotopic (exact) mass is 321 g/mol. The van der Waals surface area contributed by atoms with Crippen LogP contribution in [0.4, 0.5) is 0 Å². The van der Waals surface area contributed by atoms with Gasteiger partial charge in [0.25, 0.3) is 0 Å². The lowest BCUT2D eigenvalue weighted by atomic mass is 9.99. The molecule has 1 saturated heterocycles. The van der Waals surface area contributed by atoms with Gasteiger partial charge in [-0.1, -0.05) is 12.1 Å². The molecule has 0 N–H and O–H groups in total. The lowest BCUT2D eigenvalue weighted by Gasteiger charge is -2.15. The van der Waals surface area contributed by atoms with Crippen molar-refractivity contribution in [1.29, 1.82) is 0 Å². The van der Waals surface area contributed by atoms with Gasteiger partial charge in [-0.15, -0.1) is 0 Å². The number of rotatable bonds is 4. The summed E-state index contributed by atoms with van der Waals surface area (Å²) < 4.78 is 33.4. The Labute approximate surface area is 130 Å². The summed E-state index contributed by atoms with van der Waals surface area (Å²) in [5, 5.41) is 3.95. The Morgan fingerprint density at radius 3 is 2.59 bits per heavy atom. The zero-order chi connectivity index (χ0) is 15.7. The maximum Gasteiger partial charge on any atom is 0.246 e. The van der Waals surface area contributed by atoms with Crippen molar-refractivity contribution in [3.63, 3.8) is 0 Å². The molecule has 0 saturated carbocycles. The van der Waals surface area contributed by atoms with Crippen LogP contribution in [0.15, 0.2) is 41.6 Å². The third-order valence-electron chi connectivity index (χ3n) is 4.06. The Hall–Kier alpha value is -1.86. The first-order valence-corrected chi connectivity index (χ1v) is 8.57. The topological polar surface area (TPSA) is 64.4 Å². The van der Waals surface area contributed by atoms with Crippen molar-refractivity contribution < 1.29 is 13.2 Å². The van der Waals surface area contributed by atoms with E-state index in [1.165, 1.54) is 17.1 Å². The second kappa shape index (κ2) is 5.73. The Kier molecular flexibility index (Phi) is 3.92. The number of aromatic nitrogens is 2. The van der Waals surface area contributed by atoms with Crippen molar-refractivity contribution in [2.24, 2.45) is 7.05 Å². The van der Waals surface area contributed by atoms with E-state index in [-0.39, 0.29) is 10.8 Å². The van der Waals surface area contributed by atoms with Crippen LogP contribution in [-0.4, -0.2) is 42.7 Å². The highest BCUT2D eigenvalue weighted by molar-refractivity contribution is 7.89. The standard InChI is InChI=1S/C15H19N3O3S/c1-17-11-15(9-16-17)22(19,20)18-8-7-13(10-18)12-3-5-14(21-2)6-4-12/h3-6,9,11,13H,7-8,10H2,1-2H3/t13-/m1/s1. The van der Waals surface area contributed by atoms with Crippen LogP contribution >= 0.6 is 0 Å². The van der Waals surface area contributed by atoms with Crippen molar-refractivity contribution >= 4 is 10.0 Å². The lowest BCUT2D eigenvalue weighted by Crippen LogP contribution is -2.28. The van der Waals surface area contributed by atoms with E-state index in [0.717, 1.165) is 17.7 Å². The third kappa shape index (κ3) is 2.74. The predicted octanol–water partition coefficient (Wildman–Crippen LogP) is 1.61. The summed E-state index contributed by atoms with van der Waals surface area (Å²) in [5.41, 5.74) is 1.14. The number of hydrogen-bond donors (Lipinski definition) is 0. The van der Waals surface area contributed by atoms with Crippen molar-refractivity contribution in [3.8, 4) is 5.75 Å². The minimum Gasteiger partial charge on any atom is -0.497 e. The Bertz CT molecular complexity index is 753. The first-order chi connectivity index (χ1) is 10.5. The molecular weight excluding hydrogens is 302 g/mol. The van der Waals surface area contributed by atoms with Gasteiger partial charge in [0, 0.05) is 26.3 Å². The molecule has 2 heterocycles. The molecule has 0 aliphatic carbocycles. The zero-order valence-electron chi connectivity index (χ0n) is 12.6. The molecule has 1 aromatic carbocycles. The van der Waals surface area contributed by atoms with E-state index in [2.05, 4.69) is 5.10 Å². The minimum absolute atomic E-state index is 0.220. The minimum atomic E-state index is -3.45. The van der Waals surface area contributed by atoms with Gasteiger partial charge in [-0.3, -0.25) is 4.68 Å². The van der Waals surface area contributed by atoms with Crippen molar-refractivity contribution in [2.75, 3.05) is 20.2 Å². The molecule has 1 atom stereocenters. The summed E-state index contributed by atoms with van der Waals surface area (Å²) in [7, 11) is -0.103. The maximum absolute atomic E-state index is 12.6. The zero-order valence-corrected chi connectivity index (χ0v) is 13.5. The fourth-order valence-electron chi connectivity index (χ4n) is 2.78. The van der Waals surface area contributed by atoms with E-state index >= 15 is 0 Å². The molecule has 0 spiro atoms. The van der Waals surface area contributed by atoms with Gasteiger partial charge in [-0.25, -0.2) is 8.42 Å². The van der Waals surface area contributed by atoms with Gasteiger partial charge in [0.2, 0.25) is 10.0 Å². The van der Waals surface area contributed by atoms with E-state index in [1.54, 1.807) is 18.5 Å². The molecule has 1 aliphatic heterocycles. The lowest BCUT2D eigenvalue weighted by molar-refractivity contribution is 0.414. The van der Waals surface area contributed by atoms with Gasteiger partial charge >= 0.3 is 0 Å².